The van der Waals surface area contributed by atoms with Crippen LogP contribution in [-0.4, -0.2) is 43.0 Å². The first-order valence-electron chi connectivity index (χ1n) is 10.3. The molecule has 6 nitrogen and oxygen atoms in total. The predicted molar refractivity (Wildman–Crippen MR) is 119 cm³/mol. The standard InChI is InChI=1S/C23H26BrFN2O4/c1-2-19(26-22(28)14-30-21-10-9-16(24)13-18(21)25)17-7-3-4-8-20(17)31-15-23(29)27-11-5-6-12-27/h3-4,7-10,13,19H,2,5-6,11-12,14-15H2,1H3,(H,26,28). The van der Waals surface area contributed by atoms with Crippen molar-refractivity contribution in [3.05, 3.63) is 58.3 Å². The molecule has 8 heteroatoms. The zero-order valence-corrected chi connectivity index (χ0v) is 19.0. The van der Waals surface area contributed by atoms with Crippen LogP contribution in [0.4, 0.5) is 4.39 Å². The summed E-state index contributed by atoms with van der Waals surface area (Å²) in [6.45, 7) is 3.14. The van der Waals surface area contributed by atoms with Gasteiger partial charge in [0.25, 0.3) is 11.8 Å². The Balaban J connectivity index is 1.59. The molecule has 31 heavy (non-hydrogen) atoms. The number of ether oxygens (including phenoxy) is 2. The number of halogens is 2. The lowest BCUT2D eigenvalue weighted by Gasteiger charge is -2.22. The highest BCUT2D eigenvalue weighted by Gasteiger charge is 2.21. The third kappa shape index (κ3) is 6.43. The van der Waals surface area contributed by atoms with Gasteiger partial charge in [-0.3, -0.25) is 9.59 Å². The van der Waals surface area contributed by atoms with Gasteiger partial charge in [0.1, 0.15) is 5.75 Å². The van der Waals surface area contributed by atoms with Gasteiger partial charge in [0.15, 0.2) is 24.8 Å². The van der Waals surface area contributed by atoms with Crippen molar-refractivity contribution in [1.29, 1.82) is 0 Å². The monoisotopic (exact) mass is 492 g/mol. The second-order valence-corrected chi connectivity index (χ2v) is 8.22. The van der Waals surface area contributed by atoms with E-state index in [1.807, 2.05) is 25.1 Å². The lowest BCUT2D eigenvalue weighted by atomic mass is 10.0. The van der Waals surface area contributed by atoms with Crippen LogP contribution in [0.25, 0.3) is 0 Å². The van der Waals surface area contributed by atoms with E-state index in [9.17, 15) is 14.0 Å². The van der Waals surface area contributed by atoms with Crippen LogP contribution in [0, 0.1) is 5.82 Å². The van der Waals surface area contributed by atoms with Crippen LogP contribution >= 0.6 is 15.9 Å². The lowest BCUT2D eigenvalue weighted by Crippen LogP contribution is -2.34. The van der Waals surface area contributed by atoms with E-state index in [1.54, 1.807) is 17.0 Å². The minimum absolute atomic E-state index is 0.00978. The molecule has 0 saturated carbocycles. The first-order chi connectivity index (χ1) is 15.0. The van der Waals surface area contributed by atoms with E-state index in [4.69, 9.17) is 9.47 Å². The first kappa shape index (κ1) is 23.1. The molecule has 166 valence electrons. The summed E-state index contributed by atoms with van der Waals surface area (Å²) in [6.07, 6.45) is 2.66. The van der Waals surface area contributed by atoms with Crippen molar-refractivity contribution in [1.82, 2.24) is 10.2 Å². The maximum Gasteiger partial charge on any atom is 0.260 e. The van der Waals surface area contributed by atoms with Crippen LogP contribution in [0.1, 0.15) is 37.8 Å². The van der Waals surface area contributed by atoms with Crippen LogP contribution in [0.5, 0.6) is 11.5 Å². The predicted octanol–water partition coefficient (Wildman–Crippen LogP) is 4.24. The summed E-state index contributed by atoms with van der Waals surface area (Å²) in [5, 5.41) is 2.90. The highest BCUT2D eigenvalue weighted by molar-refractivity contribution is 9.10. The van der Waals surface area contributed by atoms with E-state index in [2.05, 4.69) is 21.2 Å². The molecule has 1 aliphatic heterocycles. The van der Waals surface area contributed by atoms with Crippen LogP contribution in [0.15, 0.2) is 46.9 Å². The first-order valence-corrected chi connectivity index (χ1v) is 11.1. The summed E-state index contributed by atoms with van der Waals surface area (Å²) in [5.41, 5.74) is 0.780. The number of carbonyl (C=O) groups is 2. The molecule has 1 saturated heterocycles. The Kier molecular flexibility index (Phi) is 8.28. The fourth-order valence-corrected chi connectivity index (χ4v) is 3.80. The van der Waals surface area contributed by atoms with E-state index in [1.165, 1.54) is 12.1 Å². The zero-order valence-electron chi connectivity index (χ0n) is 17.4. The van der Waals surface area contributed by atoms with Gasteiger partial charge in [-0.25, -0.2) is 4.39 Å². The molecule has 0 bridgehead atoms. The third-order valence-corrected chi connectivity index (χ3v) is 5.59. The number of amides is 2. The quantitative estimate of drug-likeness (QED) is 0.568. The Hall–Kier alpha value is -2.61. The van der Waals surface area contributed by atoms with Gasteiger partial charge >= 0.3 is 0 Å². The average Bonchev–Trinajstić information content (AvgIpc) is 3.30. The summed E-state index contributed by atoms with van der Waals surface area (Å²) in [7, 11) is 0. The minimum Gasteiger partial charge on any atom is -0.483 e. The molecule has 1 atom stereocenters. The largest absolute Gasteiger partial charge is 0.483 e. The van der Waals surface area contributed by atoms with Gasteiger partial charge in [-0.15, -0.1) is 0 Å². The van der Waals surface area contributed by atoms with E-state index in [-0.39, 0.29) is 36.8 Å². The highest BCUT2D eigenvalue weighted by Crippen LogP contribution is 2.27. The maximum atomic E-state index is 13.9. The number of carbonyl (C=O) groups excluding carboxylic acids is 2. The normalized spacial score (nSPS) is 14.2. The molecule has 3 rings (SSSR count). The van der Waals surface area contributed by atoms with Gasteiger partial charge in [-0.1, -0.05) is 41.1 Å². The molecule has 0 spiro atoms. The van der Waals surface area contributed by atoms with Crippen molar-refractivity contribution < 1.29 is 23.5 Å². The number of hydrogen-bond acceptors (Lipinski definition) is 4. The van der Waals surface area contributed by atoms with Gasteiger partial charge in [0.05, 0.1) is 6.04 Å². The highest BCUT2D eigenvalue weighted by atomic mass is 79.9. The van der Waals surface area contributed by atoms with Gasteiger partial charge in [-0.2, -0.15) is 0 Å². The molecule has 2 aromatic carbocycles. The van der Waals surface area contributed by atoms with Crippen molar-refractivity contribution in [2.24, 2.45) is 0 Å². The number of benzene rings is 2. The van der Waals surface area contributed by atoms with Crippen LogP contribution in [0.2, 0.25) is 0 Å². The molecule has 0 radical (unpaired) electrons. The summed E-state index contributed by atoms with van der Waals surface area (Å²) < 4.78 is 25.6. The second kappa shape index (κ2) is 11.1. The van der Waals surface area contributed by atoms with Crippen molar-refractivity contribution in [2.45, 2.75) is 32.2 Å². The number of rotatable bonds is 9. The Morgan fingerprint density at radius 2 is 1.81 bits per heavy atom. The molecule has 0 aromatic heterocycles. The van der Waals surface area contributed by atoms with Crippen LogP contribution < -0.4 is 14.8 Å². The van der Waals surface area contributed by atoms with Crippen molar-refractivity contribution in [3.63, 3.8) is 0 Å². The number of nitrogens with zero attached hydrogens (tertiary/aromatic N) is 1. The number of nitrogens with one attached hydrogen (secondary N) is 1. The van der Waals surface area contributed by atoms with Crippen molar-refractivity contribution >= 4 is 27.7 Å². The summed E-state index contributed by atoms with van der Waals surface area (Å²) in [5.74, 6) is -0.389. The van der Waals surface area contributed by atoms with E-state index in [0.717, 1.165) is 31.5 Å². The number of likely N-dealkylation sites (tertiary alicyclic amines) is 1. The van der Waals surface area contributed by atoms with Gasteiger partial charge in [-0.05, 0) is 43.5 Å². The fourth-order valence-electron chi connectivity index (χ4n) is 3.47. The van der Waals surface area contributed by atoms with Gasteiger partial charge in [0, 0.05) is 23.1 Å². The van der Waals surface area contributed by atoms with Crippen molar-refractivity contribution in [2.75, 3.05) is 26.3 Å². The minimum atomic E-state index is -0.546. The molecule has 1 aliphatic rings. The summed E-state index contributed by atoms with van der Waals surface area (Å²) >= 11 is 3.18. The molecule has 1 fully saturated rings. The Morgan fingerprint density at radius 1 is 1.10 bits per heavy atom. The molecule has 0 aliphatic carbocycles. The van der Waals surface area contributed by atoms with Crippen LogP contribution in [0.3, 0.4) is 0 Å². The van der Waals surface area contributed by atoms with E-state index in [0.29, 0.717) is 16.6 Å². The number of para-hydroxylation sites is 1. The fraction of sp³-hybridized carbons (Fsp3) is 0.391. The molecular weight excluding hydrogens is 467 g/mol. The van der Waals surface area contributed by atoms with E-state index < -0.39 is 5.82 Å². The van der Waals surface area contributed by atoms with Crippen molar-refractivity contribution in [3.8, 4) is 11.5 Å². The second-order valence-electron chi connectivity index (χ2n) is 7.31. The lowest BCUT2D eigenvalue weighted by molar-refractivity contribution is -0.132. The number of hydrogen-bond donors (Lipinski definition) is 1. The molecule has 1 unspecified atom stereocenters. The molecule has 2 amide bonds. The molecule has 1 N–H and O–H groups in total. The third-order valence-electron chi connectivity index (χ3n) is 5.10. The molecule has 2 aromatic rings. The van der Waals surface area contributed by atoms with Gasteiger partial charge in [0.2, 0.25) is 0 Å². The molecule has 1 heterocycles. The Morgan fingerprint density at radius 3 is 2.52 bits per heavy atom. The van der Waals surface area contributed by atoms with Gasteiger partial charge < -0.3 is 19.7 Å². The SMILES string of the molecule is CCC(NC(=O)COc1ccc(Br)cc1F)c1ccccc1OCC(=O)N1CCCC1. The van der Waals surface area contributed by atoms with E-state index >= 15 is 0 Å². The Labute approximate surface area is 189 Å². The summed E-state index contributed by atoms with van der Waals surface area (Å²) in [4.78, 5) is 26.5. The zero-order chi connectivity index (χ0) is 22.2. The molecular formula is C23H26BrFN2O4. The topological polar surface area (TPSA) is 67.9 Å². The smallest absolute Gasteiger partial charge is 0.260 e. The average molecular weight is 493 g/mol. The Bertz CT molecular complexity index is 918. The van der Waals surface area contributed by atoms with Crippen LogP contribution in [-0.2, 0) is 9.59 Å². The summed E-state index contributed by atoms with van der Waals surface area (Å²) in [6, 6.07) is 11.4. The maximum absolute atomic E-state index is 13.9.